The van der Waals surface area contributed by atoms with Gasteiger partial charge in [-0.2, -0.15) is 10.5 Å². The lowest BCUT2D eigenvalue weighted by Crippen LogP contribution is -1.73. The molecule has 0 aliphatic carbocycles. The van der Waals surface area contributed by atoms with Crippen LogP contribution in [0.4, 0.5) is 0 Å². The van der Waals surface area contributed by atoms with Gasteiger partial charge in [0.2, 0.25) is 0 Å². The van der Waals surface area contributed by atoms with E-state index < -0.39 is 0 Å². The molecule has 1 aromatic carbocycles. The van der Waals surface area contributed by atoms with Crippen LogP contribution in [0.25, 0.3) is 17.4 Å². The lowest BCUT2D eigenvalue weighted by atomic mass is 10.2. The largest absolute Gasteiger partial charge is 0.457 e. The normalized spacial score (nSPS) is 9.28. The van der Waals surface area contributed by atoms with Gasteiger partial charge < -0.3 is 4.42 Å². The molecule has 0 bridgehead atoms. The molecule has 4 heteroatoms. The Hall–Kier alpha value is -2.30. The van der Waals surface area contributed by atoms with Gasteiger partial charge >= 0.3 is 0 Å². The Morgan fingerprint density at radius 1 is 1.06 bits per heavy atom. The summed E-state index contributed by atoms with van der Waals surface area (Å²) in [5, 5.41) is 17.3. The van der Waals surface area contributed by atoms with Crippen molar-refractivity contribution in [3.05, 3.63) is 52.2 Å². The van der Waals surface area contributed by atoms with Crippen LogP contribution in [-0.4, -0.2) is 0 Å². The Morgan fingerprint density at radius 2 is 1.72 bits per heavy atom. The average molecular weight is 299 g/mol. The third-order valence-electron chi connectivity index (χ3n) is 2.28. The Morgan fingerprint density at radius 3 is 2.33 bits per heavy atom. The number of furan rings is 1. The molecule has 0 saturated carbocycles. The number of hydrogen-bond acceptors (Lipinski definition) is 3. The van der Waals surface area contributed by atoms with E-state index in [-0.39, 0.29) is 5.57 Å². The van der Waals surface area contributed by atoms with E-state index in [2.05, 4.69) is 15.9 Å². The molecule has 0 saturated heterocycles. The molecular weight excluding hydrogens is 292 g/mol. The molecule has 86 valence electrons. The molecule has 3 nitrogen and oxygen atoms in total. The highest BCUT2D eigenvalue weighted by Gasteiger charge is 2.04. The zero-order valence-corrected chi connectivity index (χ0v) is 10.8. The first-order valence-electron chi connectivity index (χ1n) is 5.10. The second kappa shape index (κ2) is 5.35. The Bertz CT molecular complexity index is 653. The lowest BCUT2D eigenvalue weighted by molar-refractivity contribution is 0.571. The van der Waals surface area contributed by atoms with Gasteiger partial charge in [-0.05, 0) is 24.3 Å². The van der Waals surface area contributed by atoms with Crippen LogP contribution in [0.3, 0.4) is 0 Å². The SMILES string of the molecule is N#CC(C#N)=Cc1ccc(-c2ccc(Br)cc2)o1. The maximum atomic E-state index is 8.65. The molecule has 0 N–H and O–H groups in total. The van der Waals surface area contributed by atoms with Gasteiger partial charge in [-0.15, -0.1) is 0 Å². The summed E-state index contributed by atoms with van der Waals surface area (Å²) in [6, 6.07) is 14.8. The van der Waals surface area contributed by atoms with E-state index in [0.29, 0.717) is 11.5 Å². The fourth-order valence-electron chi connectivity index (χ4n) is 1.43. The fraction of sp³-hybridized carbons (Fsp3) is 0. The molecule has 0 aliphatic rings. The van der Waals surface area contributed by atoms with E-state index in [1.54, 1.807) is 24.3 Å². The van der Waals surface area contributed by atoms with Crippen LogP contribution < -0.4 is 0 Å². The van der Waals surface area contributed by atoms with Gasteiger partial charge in [-0.1, -0.05) is 28.1 Å². The van der Waals surface area contributed by atoms with Gasteiger partial charge in [-0.3, -0.25) is 0 Å². The van der Waals surface area contributed by atoms with E-state index in [9.17, 15) is 0 Å². The summed E-state index contributed by atoms with van der Waals surface area (Å²) in [5.41, 5.74) is 0.958. The van der Waals surface area contributed by atoms with Crippen LogP contribution in [0.2, 0.25) is 0 Å². The van der Waals surface area contributed by atoms with Crippen molar-refractivity contribution >= 4 is 22.0 Å². The topological polar surface area (TPSA) is 60.7 Å². The molecule has 2 rings (SSSR count). The number of hydrogen-bond donors (Lipinski definition) is 0. The van der Waals surface area contributed by atoms with Gasteiger partial charge in [0.15, 0.2) is 0 Å². The number of allylic oxidation sites excluding steroid dienone is 1. The minimum atomic E-state index is 0.0201. The maximum Gasteiger partial charge on any atom is 0.134 e. The highest BCUT2D eigenvalue weighted by molar-refractivity contribution is 9.10. The van der Waals surface area contributed by atoms with Crippen molar-refractivity contribution in [2.45, 2.75) is 0 Å². The molecule has 0 spiro atoms. The summed E-state index contributed by atoms with van der Waals surface area (Å²) < 4.78 is 6.54. The maximum absolute atomic E-state index is 8.65. The van der Waals surface area contributed by atoms with E-state index in [0.717, 1.165) is 10.0 Å². The molecule has 0 atom stereocenters. The van der Waals surface area contributed by atoms with E-state index in [4.69, 9.17) is 14.9 Å². The fourth-order valence-corrected chi connectivity index (χ4v) is 1.70. The molecule has 1 heterocycles. The highest BCUT2D eigenvalue weighted by atomic mass is 79.9. The molecule has 2 aromatic rings. The summed E-state index contributed by atoms with van der Waals surface area (Å²) in [7, 11) is 0. The molecule has 0 radical (unpaired) electrons. The van der Waals surface area contributed by atoms with Gasteiger partial charge in [0, 0.05) is 16.1 Å². The Kier molecular flexibility index (Phi) is 3.62. The number of nitriles is 2. The summed E-state index contributed by atoms with van der Waals surface area (Å²) in [5.74, 6) is 1.19. The van der Waals surface area contributed by atoms with Gasteiger partial charge in [0.25, 0.3) is 0 Å². The number of halogens is 1. The molecule has 0 unspecified atom stereocenters. The van der Waals surface area contributed by atoms with Crippen molar-refractivity contribution in [1.29, 1.82) is 10.5 Å². The molecule has 0 fully saturated rings. The third-order valence-corrected chi connectivity index (χ3v) is 2.81. The molecule has 18 heavy (non-hydrogen) atoms. The van der Waals surface area contributed by atoms with Crippen molar-refractivity contribution in [2.24, 2.45) is 0 Å². The number of nitrogens with zero attached hydrogens (tertiary/aromatic N) is 2. The first kappa shape index (κ1) is 12.2. The van der Waals surface area contributed by atoms with E-state index >= 15 is 0 Å². The monoisotopic (exact) mass is 298 g/mol. The smallest absolute Gasteiger partial charge is 0.134 e. The zero-order valence-electron chi connectivity index (χ0n) is 9.22. The Balaban J connectivity index is 2.32. The predicted molar refractivity (Wildman–Crippen MR) is 71.0 cm³/mol. The van der Waals surface area contributed by atoms with E-state index in [1.165, 1.54) is 6.08 Å². The minimum absolute atomic E-state index is 0.0201. The molecular formula is C14H7BrN2O. The van der Waals surface area contributed by atoms with Crippen molar-refractivity contribution in [1.82, 2.24) is 0 Å². The van der Waals surface area contributed by atoms with Crippen LogP contribution in [0.5, 0.6) is 0 Å². The van der Waals surface area contributed by atoms with Crippen LogP contribution in [0.15, 0.2) is 50.9 Å². The van der Waals surface area contributed by atoms with Crippen molar-refractivity contribution in [3.63, 3.8) is 0 Å². The molecule has 1 aromatic heterocycles. The van der Waals surface area contributed by atoms with Crippen LogP contribution in [0.1, 0.15) is 5.76 Å². The van der Waals surface area contributed by atoms with E-state index in [1.807, 2.05) is 24.3 Å². The van der Waals surface area contributed by atoms with Crippen molar-refractivity contribution in [2.75, 3.05) is 0 Å². The standard InChI is InChI=1S/C14H7BrN2O/c15-12-3-1-11(2-4-12)14-6-5-13(18-14)7-10(8-16)9-17/h1-7H. The first-order chi connectivity index (χ1) is 8.72. The number of rotatable bonds is 2. The quantitative estimate of drug-likeness (QED) is 0.783. The summed E-state index contributed by atoms with van der Waals surface area (Å²) >= 11 is 3.36. The van der Waals surface area contributed by atoms with Gasteiger partial charge in [0.05, 0.1) is 0 Å². The summed E-state index contributed by atoms with van der Waals surface area (Å²) in [6.45, 7) is 0. The molecule has 0 aliphatic heterocycles. The minimum Gasteiger partial charge on any atom is -0.457 e. The van der Waals surface area contributed by atoms with Crippen LogP contribution >= 0.6 is 15.9 Å². The summed E-state index contributed by atoms with van der Waals surface area (Å²) in [6.07, 6.45) is 1.42. The van der Waals surface area contributed by atoms with Gasteiger partial charge in [-0.25, -0.2) is 0 Å². The molecule has 0 amide bonds. The number of benzene rings is 1. The summed E-state index contributed by atoms with van der Waals surface area (Å²) in [4.78, 5) is 0. The van der Waals surface area contributed by atoms with Gasteiger partial charge in [0.1, 0.15) is 29.2 Å². The third kappa shape index (κ3) is 2.68. The average Bonchev–Trinajstić information content (AvgIpc) is 2.85. The first-order valence-corrected chi connectivity index (χ1v) is 5.90. The van der Waals surface area contributed by atoms with Crippen molar-refractivity contribution in [3.8, 4) is 23.5 Å². The van der Waals surface area contributed by atoms with Crippen LogP contribution in [0, 0.1) is 22.7 Å². The predicted octanol–water partition coefficient (Wildman–Crippen LogP) is 4.14. The second-order valence-corrected chi connectivity index (χ2v) is 4.41. The Labute approximate surface area is 113 Å². The zero-order chi connectivity index (χ0) is 13.0. The van der Waals surface area contributed by atoms with Crippen LogP contribution in [-0.2, 0) is 0 Å². The highest BCUT2D eigenvalue weighted by Crippen LogP contribution is 2.24. The second-order valence-electron chi connectivity index (χ2n) is 3.49. The lowest BCUT2D eigenvalue weighted by Gasteiger charge is -1.96. The van der Waals surface area contributed by atoms with Crippen molar-refractivity contribution < 1.29 is 4.42 Å².